The molecule has 1 unspecified atom stereocenters. The fourth-order valence-electron chi connectivity index (χ4n) is 1.50. The third kappa shape index (κ3) is 3.22. The fourth-order valence-corrected chi connectivity index (χ4v) is 1.50. The number of carbonyl (C=O) groups excluding carboxylic acids is 1. The molecular weight excluding hydrogens is 216 g/mol. The number of nitriles is 1. The Kier molecular flexibility index (Phi) is 4.53. The molecule has 4 heteroatoms. The number of nitrogens with zero attached hydrogens (tertiary/aromatic N) is 1. The second kappa shape index (κ2) is 5.90. The van der Waals surface area contributed by atoms with Gasteiger partial charge in [0, 0.05) is 5.69 Å². The number of anilines is 1. The van der Waals surface area contributed by atoms with Gasteiger partial charge < -0.3 is 10.1 Å². The van der Waals surface area contributed by atoms with Crippen molar-refractivity contribution in [1.82, 2.24) is 0 Å². The van der Waals surface area contributed by atoms with E-state index in [0.717, 1.165) is 11.3 Å². The van der Waals surface area contributed by atoms with Crippen molar-refractivity contribution in [2.75, 3.05) is 12.4 Å². The molecule has 0 radical (unpaired) electrons. The summed E-state index contributed by atoms with van der Waals surface area (Å²) in [6, 6.07) is 7.03. The lowest BCUT2D eigenvalue weighted by Gasteiger charge is -2.17. The van der Waals surface area contributed by atoms with Gasteiger partial charge in [-0.25, -0.2) is 4.79 Å². The van der Waals surface area contributed by atoms with Crippen molar-refractivity contribution in [2.24, 2.45) is 0 Å². The number of ether oxygens (including phenoxy) is 1. The van der Waals surface area contributed by atoms with Gasteiger partial charge in [0.15, 0.2) is 0 Å². The monoisotopic (exact) mass is 232 g/mol. The molecule has 1 N–H and O–H groups in total. The van der Waals surface area contributed by atoms with Gasteiger partial charge in [0.1, 0.15) is 6.04 Å². The molecule has 0 aliphatic carbocycles. The van der Waals surface area contributed by atoms with Crippen LogP contribution in [0.2, 0.25) is 0 Å². The number of aryl methyl sites for hydroxylation is 1. The van der Waals surface area contributed by atoms with Crippen LogP contribution in [0.25, 0.3) is 0 Å². The highest BCUT2D eigenvalue weighted by molar-refractivity contribution is 5.79. The molecule has 1 aromatic carbocycles. The van der Waals surface area contributed by atoms with Gasteiger partial charge in [0.25, 0.3) is 0 Å². The van der Waals surface area contributed by atoms with E-state index in [1.807, 2.05) is 19.9 Å². The predicted molar refractivity (Wildman–Crippen MR) is 65.6 cm³/mol. The van der Waals surface area contributed by atoms with E-state index in [4.69, 9.17) is 10.00 Å². The van der Waals surface area contributed by atoms with E-state index < -0.39 is 0 Å². The number of carbonyl (C=O) groups is 1. The van der Waals surface area contributed by atoms with Crippen LogP contribution in [0.1, 0.15) is 24.5 Å². The van der Waals surface area contributed by atoms with E-state index >= 15 is 0 Å². The molecule has 17 heavy (non-hydrogen) atoms. The first-order chi connectivity index (χ1) is 8.12. The quantitative estimate of drug-likeness (QED) is 0.808. The van der Waals surface area contributed by atoms with Crippen molar-refractivity contribution >= 4 is 11.7 Å². The maximum Gasteiger partial charge on any atom is 0.328 e. The average molecular weight is 232 g/mol. The third-order valence-corrected chi connectivity index (χ3v) is 2.59. The lowest BCUT2D eigenvalue weighted by atomic mass is 10.1. The van der Waals surface area contributed by atoms with Gasteiger partial charge in [0.2, 0.25) is 0 Å². The molecular formula is C13H16N2O2. The average Bonchev–Trinajstić information content (AvgIpc) is 2.36. The van der Waals surface area contributed by atoms with Crippen molar-refractivity contribution in [3.05, 3.63) is 29.3 Å². The van der Waals surface area contributed by atoms with E-state index in [2.05, 4.69) is 11.4 Å². The Labute approximate surface area is 101 Å². The molecule has 0 aliphatic heterocycles. The van der Waals surface area contributed by atoms with Crippen LogP contribution < -0.4 is 5.32 Å². The predicted octanol–water partition coefficient (Wildman–Crippen LogP) is 2.23. The summed E-state index contributed by atoms with van der Waals surface area (Å²) in [5, 5.41) is 11.9. The van der Waals surface area contributed by atoms with Gasteiger partial charge in [-0.15, -0.1) is 0 Å². The van der Waals surface area contributed by atoms with Crippen LogP contribution in [0.3, 0.4) is 0 Å². The molecule has 0 heterocycles. The Morgan fingerprint density at radius 3 is 2.82 bits per heavy atom. The largest absolute Gasteiger partial charge is 0.467 e. The zero-order valence-electron chi connectivity index (χ0n) is 10.3. The molecule has 0 fully saturated rings. The first kappa shape index (κ1) is 13.0. The Hall–Kier alpha value is -2.02. The lowest BCUT2D eigenvalue weighted by Crippen LogP contribution is -2.30. The second-order valence-electron chi connectivity index (χ2n) is 3.77. The number of nitrogens with one attached hydrogen (secondary N) is 1. The highest BCUT2D eigenvalue weighted by Crippen LogP contribution is 2.18. The number of benzene rings is 1. The van der Waals surface area contributed by atoms with E-state index in [0.29, 0.717) is 12.0 Å². The van der Waals surface area contributed by atoms with Crippen LogP contribution in [0.5, 0.6) is 0 Å². The van der Waals surface area contributed by atoms with Crippen molar-refractivity contribution < 1.29 is 9.53 Å². The Morgan fingerprint density at radius 1 is 1.59 bits per heavy atom. The van der Waals surface area contributed by atoms with Crippen LogP contribution in [-0.2, 0) is 9.53 Å². The van der Waals surface area contributed by atoms with Crippen molar-refractivity contribution in [1.29, 1.82) is 5.26 Å². The van der Waals surface area contributed by atoms with Crippen LogP contribution >= 0.6 is 0 Å². The van der Waals surface area contributed by atoms with E-state index in [1.54, 1.807) is 12.1 Å². The van der Waals surface area contributed by atoms with Crippen LogP contribution in [0, 0.1) is 18.3 Å². The SMILES string of the molecule is CCC(Nc1cc(C#N)ccc1C)C(=O)OC. The summed E-state index contributed by atoms with van der Waals surface area (Å²) in [6.07, 6.45) is 0.628. The number of methoxy groups -OCH3 is 1. The Balaban J connectivity index is 2.93. The van der Waals surface area contributed by atoms with Crippen molar-refractivity contribution in [2.45, 2.75) is 26.3 Å². The minimum absolute atomic E-state index is 0.297. The van der Waals surface area contributed by atoms with Gasteiger partial charge in [-0.05, 0) is 31.0 Å². The molecule has 90 valence electrons. The van der Waals surface area contributed by atoms with Crippen LogP contribution in [-0.4, -0.2) is 19.1 Å². The molecule has 1 aromatic rings. The van der Waals surface area contributed by atoms with Crippen molar-refractivity contribution in [3.63, 3.8) is 0 Å². The minimum atomic E-state index is -0.382. The first-order valence-corrected chi connectivity index (χ1v) is 5.47. The molecule has 1 atom stereocenters. The van der Waals surface area contributed by atoms with Gasteiger partial charge in [-0.3, -0.25) is 0 Å². The number of rotatable bonds is 4. The summed E-state index contributed by atoms with van der Waals surface area (Å²) in [5.74, 6) is -0.297. The summed E-state index contributed by atoms with van der Waals surface area (Å²) < 4.78 is 4.71. The molecule has 0 amide bonds. The molecule has 1 rings (SSSR count). The number of esters is 1. The van der Waals surface area contributed by atoms with Gasteiger partial charge in [-0.1, -0.05) is 13.0 Å². The number of hydrogen-bond donors (Lipinski definition) is 1. The van der Waals surface area contributed by atoms with Gasteiger partial charge >= 0.3 is 5.97 Å². The summed E-state index contributed by atoms with van der Waals surface area (Å²) in [7, 11) is 1.37. The standard InChI is InChI=1S/C13H16N2O2/c1-4-11(13(16)17-3)15-12-7-10(8-14)6-5-9(12)2/h5-7,11,15H,4H2,1-3H3. The molecule has 0 aromatic heterocycles. The molecule has 0 saturated heterocycles. The topological polar surface area (TPSA) is 62.1 Å². The molecule has 4 nitrogen and oxygen atoms in total. The number of hydrogen-bond acceptors (Lipinski definition) is 4. The van der Waals surface area contributed by atoms with E-state index in [-0.39, 0.29) is 12.0 Å². The Morgan fingerprint density at radius 2 is 2.29 bits per heavy atom. The highest BCUT2D eigenvalue weighted by atomic mass is 16.5. The molecule has 0 saturated carbocycles. The van der Waals surface area contributed by atoms with Crippen LogP contribution in [0.4, 0.5) is 5.69 Å². The summed E-state index contributed by atoms with van der Waals surface area (Å²) >= 11 is 0. The van der Waals surface area contributed by atoms with Gasteiger partial charge in [-0.2, -0.15) is 5.26 Å². The zero-order valence-corrected chi connectivity index (χ0v) is 10.3. The summed E-state index contributed by atoms with van der Waals surface area (Å²) in [4.78, 5) is 11.5. The van der Waals surface area contributed by atoms with Gasteiger partial charge in [0.05, 0.1) is 18.7 Å². The molecule has 0 bridgehead atoms. The zero-order chi connectivity index (χ0) is 12.8. The van der Waals surface area contributed by atoms with Crippen molar-refractivity contribution in [3.8, 4) is 6.07 Å². The normalized spacial score (nSPS) is 11.4. The smallest absolute Gasteiger partial charge is 0.328 e. The third-order valence-electron chi connectivity index (χ3n) is 2.59. The summed E-state index contributed by atoms with van der Waals surface area (Å²) in [5.41, 5.74) is 2.35. The van der Waals surface area contributed by atoms with E-state index in [9.17, 15) is 4.79 Å². The maximum atomic E-state index is 11.5. The summed E-state index contributed by atoms with van der Waals surface area (Å²) in [6.45, 7) is 3.82. The maximum absolute atomic E-state index is 11.5. The Bertz CT molecular complexity index is 449. The van der Waals surface area contributed by atoms with E-state index in [1.165, 1.54) is 7.11 Å². The fraction of sp³-hybridized carbons (Fsp3) is 0.385. The lowest BCUT2D eigenvalue weighted by molar-refractivity contribution is -0.141. The molecule has 0 aliphatic rings. The highest BCUT2D eigenvalue weighted by Gasteiger charge is 2.17. The molecule has 0 spiro atoms. The second-order valence-corrected chi connectivity index (χ2v) is 3.77. The first-order valence-electron chi connectivity index (χ1n) is 5.47. The van der Waals surface area contributed by atoms with Crippen LogP contribution in [0.15, 0.2) is 18.2 Å². The minimum Gasteiger partial charge on any atom is -0.467 e.